The van der Waals surface area contributed by atoms with E-state index in [-0.39, 0.29) is 32.0 Å². The second-order valence-corrected chi connectivity index (χ2v) is 7.15. The molecular weight excluding hydrogens is 442 g/mol. The third-order valence-electron chi connectivity index (χ3n) is 4.08. The maximum Gasteiger partial charge on any atom is 0.435 e. The van der Waals surface area contributed by atoms with Gasteiger partial charge >= 0.3 is 6.18 Å². The highest BCUT2D eigenvalue weighted by molar-refractivity contribution is 6.34. The van der Waals surface area contributed by atoms with Crippen LogP contribution in [-0.2, 0) is 15.2 Å². The van der Waals surface area contributed by atoms with Gasteiger partial charge in [-0.25, -0.2) is 0 Å². The van der Waals surface area contributed by atoms with E-state index in [1.807, 2.05) is 0 Å². The minimum absolute atomic E-state index is 0.0410. The fraction of sp³-hybridized carbons (Fsp3) is 0.176. The Labute approximate surface area is 172 Å². The molecule has 2 aromatic carbocycles. The number of carbonyl (C=O) groups excluding carboxylic acids is 1. The second kappa shape index (κ2) is 7.69. The first kappa shape index (κ1) is 20.6. The summed E-state index contributed by atoms with van der Waals surface area (Å²) in [5, 5.41) is 4.00. The van der Waals surface area contributed by atoms with Crippen LogP contribution < -0.4 is 10.9 Å². The molecule has 5 nitrogen and oxygen atoms in total. The van der Waals surface area contributed by atoms with E-state index in [0.717, 1.165) is 12.1 Å². The molecule has 1 amide bonds. The number of benzene rings is 2. The lowest BCUT2D eigenvalue weighted by molar-refractivity contribution is -0.275. The molecule has 3 rings (SSSR count). The standard InChI is InChI=1S/C17H11Cl3F3N3O2/c18-11-4-10(5-12(19)6-11)16(17(21,22)23)7-15(26-28-16)9-1-2-13(20)14(3-9)25-24-8-27/h1-6,8,25H,7H2,(H,24,27). The summed E-state index contributed by atoms with van der Waals surface area (Å²) < 4.78 is 42.0. The highest BCUT2D eigenvalue weighted by Gasteiger charge is 2.62. The molecule has 1 unspecified atom stereocenters. The molecule has 0 saturated carbocycles. The Bertz CT molecular complexity index is 933. The number of carbonyl (C=O) groups is 1. The van der Waals surface area contributed by atoms with Gasteiger partial charge < -0.3 is 4.84 Å². The van der Waals surface area contributed by atoms with E-state index in [1.54, 1.807) is 0 Å². The predicted molar refractivity (Wildman–Crippen MR) is 101 cm³/mol. The Morgan fingerprint density at radius 2 is 1.79 bits per heavy atom. The Morgan fingerprint density at radius 3 is 2.39 bits per heavy atom. The Hall–Kier alpha value is -2.16. The first-order chi connectivity index (χ1) is 13.2. The van der Waals surface area contributed by atoms with Crippen molar-refractivity contribution in [2.45, 2.75) is 18.2 Å². The SMILES string of the molecule is O=CNNc1cc(C2=NOC(c3cc(Cl)cc(Cl)c3)(C(F)(F)F)C2)ccc1Cl. The first-order valence-corrected chi connectivity index (χ1v) is 8.83. The van der Waals surface area contributed by atoms with Crippen LogP contribution in [0.15, 0.2) is 41.6 Å². The van der Waals surface area contributed by atoms with Gasteiger partial charge in [-0.1, -0.05) is 46.0 Å². The summed E-state index contributed by atoms with van der Waals surface area (Å²) in [6, 6.07) is 8.00. The molecule has 0 aromatic heterocycles. The summed E-state index contributed by atoms with van der Waals surface area (Å²) in [5.74, 6) is 0. The third-order valence-corrected chi connectivity index (χ3v) is 4.85. The highest BCUT2D eigenvalue weighted by Crippen LogP contribution is 2.49. The van der Waals surface area contributed by atoms with Crippen molar-refractivity contribution >= 4 is 52.6 Å². The number of nitrogens with one attached hydrogen (secondary N) is 2. The number of nitrogens with zero attached hydrogens (tertiary/aromatic N) is 1. The van der Waals surface area contributed by atoms with E-state index in [9.17, 15) is 18.0 Å². The van der Waals surface area contributed by atoms with E-state index in [1.165, 1.54) is 24.3 Å². The summed E-state index contributed by atoms with van der Waals surface area (Å²) >= 11 is 17.8. The van der Waals surface area contributed by atoms with Crippen molar-refractivity contribution in [2.75, 3.05) is 5.43 Å². The quantitative estimate of drug-likeness (QED) is 0.478. The van der Waals surface area contributed by atoms with Crippen LogP contribution in [0, 0.1) is 0 Å². The molecule has 1 heterocycles. The van der Waals surface area contributed by atoms with Crippen molar-refractivity contribution in [3.63, 3.8) is 0 Å². The van der Waals surface area contributed by atoms with Crippen LogP contribution in [0.2, 0.25) is 15.1 Å². The van der Waals surface area contributed by atoms with E-state index in [2.05, 4.69) is 16.0 Å². The van der Waals surface area contributed by atoms with Crippen LogP contribution in [0.3, 0.4) is 0 Å². The number of alkyl halides is 3. The van der Waals surface area contributed by atoms with Crippen molar-refractivity contribution in [3.05, 3.63) is 62.6 Å². The van der Waals surface area contributed by atoms with Gasteiger partial charge in [0.15, 0.2) is 0 Å². The maximum absolute atomic E-state index is 14.0. The first-order valence-electron chi connectivity index (χ1n) is 7.70. The van der Waals surface area contributed by atoms with Gasteiger partial charge in [0.25, 0.3) is 5.60 Å². The van der Waals surface area contributed by atoms with Crippen molar-refractivity contribution in [3.8, 4) is 0 Å². The molecule has 1 aliphatic rings. The summed E-state index contributed by atoms with van der Waals surface area (Å²) in [7, 11) is 0. The lowest BCUT2D eigenvalue weighted by Crippen LogP contribution is -2.42. The Morgan fingerprint density at radius 1 is 1.11 bits per heavy atom. The predicted octanol–water partition coefficient (Wildman–Crippen LogP) is 5.30. The van der Waals surface area contributed by atoms with Gasteiger partial charge in [-0.2, -0.15) is 13.2 Å². The van der Waals surface area contributed by atoms with E-state index in [0.29, 0.717) is 12.0 Å². The van der Waals surface area contributed by atoms with Crippen molar-refractivity contribution < 1.29 is 22.8 Å². The van der Waals surface area contributed by atoms with Crippen molar-refractivity contribution in [1.82, 2.24) is 5.43 Å². The Balaban J connectivity index is 1.99. The summed E-state index contributed by atoms with van der Waals surface area (Å²) in [6.45, 7) is 0. The average molecular weight is 453 g/mol. The minimum atomic E-state index is -4.79. The molecule has 11 heteroatoms. The summed E-state index contributed by atoms with van der Waals surface area (Å²) in [6.07, 6.45) is -5.01. The zero-order valence-electron chi connectivity index (χ0n) is 13.8. The number of hydrazine groups is 1. The molecule has 28 heavy (non-hydrogen) atoms. The third kappa shape index (κ3) is 3.85. The number of rotatable bonds is 5. The van der Waals surface area contributed by atoms with Crippen LogP contribution in [0.1, 0.15) is 17.5 Å². The molecule has 0 bridgehead atoms. The molecule has 1 aliphatic heterocycles. The summed E-state index contributed by atoms with van der Waals surface area (Å²) in [4.78, 5) is 15.4. The smallest absolute Gasteiger partial charge is 0.374 e. The van der Waals surface area contributed by atoms with E-state index >= 15 is 0 Å². The average Bonchev–Trinajstić information content (AvgIpc) is 3.07. The summed E-state index contributed by atoms with van der Waals surface area (Å²) in [5.41, 5.74) is 2.39. The van der Waals surface area contributed by atoms with Gasteiger partial charge in [-0.3, -0.25) is 15.6 Å². The number of anilines is 1. The number of halogens is 6. The van der Waals surface area contributed by atoms with Crippen LogP contribution in [0.25, 0.3) is 0 Å². The topological polar surface area (TPSA) is 62.7 Å². The molecule has 0 aliphatic carbocycles. The normalized spacial score (nSPS) is 19.0. The molecule has 1 atom stereocenters. The van der Waals surface area contributed by atoms with Gasteiger partial charge in [0.2, 0.25) is 6.41 Å². The fourth-order valence-corrected chi connectivity index (χ4v) is 3.44. The van der Waals surface area contributed by atoms with Gasteiger partial charge in [-0.15, -0.1) is 0 Å². The van der Waals surface area contributed by atoms with Gasteiger partial charge in [-0.05, 0) is 30.3 Å². The molecule has 0 radical (unpaired) electrons. The van der Waals surface area contributed by atoms with Crippen LogP contribution in [-0.4, -0.2) is 18.3 Å². The second-order valence-electron chi connectivity index (χ2n) is 5.87. The highest BCUT2D eigenvalue weighted by atomic mass is 35.5. The van der Waals surface area contributed by atoms with E-state index < -0.39 is 18.2 Å². The number of oxime groups is 1. The van der Waals surface area contributed by atoms with Crippen LogP contribution in [0.5, 0.6) is 0 Å². The number of amides is 1. The van der Waals surface area contributed by atoms with Gasteiger partial charge in [0.05, 0.1) is 16.4 Å². The molecule has 0 fully saturated rings. The molecular formula is C17H11Cl3F3N3O2. The van der Waals surface area contributed by atoms with E-state index in [4.69, 9.17) is 39.6 Å². The number of hydrogen-bond donors (Lipinski definition) is 2. The molecule has 2 aromatic rings. The van der Waals surface area contributed by atoms with Gasteiger partial charge in [0, 0.05) is 27.6 Å². The van der Waals surface area contributed by atoms with Crippen LogP contribution >= 0.6 is 34.8 Å². The zero-order chi connectivity index (χ0) is 20.5. The molecule has 0 spiro atoms. The molecule has 148 valence electrons. The number of hydrogen-bond acceptors (Lipinski definition) is 4. The lowest BCUT2D eigenvalue weighted by atomic mass is 9.86. The molecule has 2 N–H and O–H groups in total. The monoisotopic (exact) mass is 451 g/mol. The fourth-order valence-electron chi connectivity index (χ4n) is 2.75. The van der Waals surface area contributed by atoms with Crippen molar-refractivity contribution in [2.24, 2.45) is 5.16 Å². The molecule has 0 saturated heterocycles. The lowest BCUT2D eigenvalue weighted by Gasteiger charge is -2.29. The van der Waals surface area contributed by atoms with Gasteiger partial charge in [0.1, 0.15) is 0 Å². The van der Waals surface area contributed by atoms with Crippen molar-refractivity contribution in [1.29, 1.82) is 0 Å². The Kier molecular flexibility index (Phi) is 5.65. The zero-order valence-corrected chi connectivity index (χ0v) is 16.0. The maximum atomic E-state index is 14.0. The van der Waals surface area contributed by atoms with Crippen LogP contribution in [0.4, 0.5) is 18.9 Å². The minimum Gasteiger partial charge on any atom is -0.374 e. The largest absolute Gasteiger partial charge is 0.435 e.